The van der Waals surface area contributed by atoms with Crippen LogP contribution in [0.5, 0.6) is 5.88 Å². The molecule has 0 bridgehead atoms. The fraction of sp³-hybridized carbons (Fsp3) is 0.294. The van der Waals surface area contributed by atoms with Crippen LogP contribution in [0.3, 0.4) is 0 Å². The van der Waals surface area contributed by atoms with E-state index in [1.807, 2.05) is 18.3 Å². The van der Waals surface area contributed by atoms with Gasteiger partial charge >= 0.3 is 0 Å². The number of hydrogen-bond donors (Lipinski definition) is 0. The van der Waals surface area contributed by atoms with Gasteiger partial charge in [-0.3, -0.25) is 0 Å². The van der Waals surface area contributed by atoms with E-state index in [0.717, 1.165) is 41.2 Å². The second-order valence-corrected chi connectivity index (χ2v) is 7.04. The van der Waals surface area contributed by atoms with Crippen molar-refractivity contribution in [2.45, 2.75) is 6.42 Å². The predicted molar refractivity (Wildman–Crippen MR) is 96.2 cm³/mol. The second-order valence-electron chi connectivity index (χ2n) is 6.15. The van der Waals surface area contributed by atoms with Crippen molar-refractivity contribution in [3.63, 3.8) is 0 Å². The van der Waals surface area contributed by atoms with Crippen molar-refractivity contribution in [1.82, 2.24) is 24.6 Å². The summed E-state index contributed by atoms with van der Waals surface area (Å²) in [7, 11) is 0. The third-order valence-electron chi connectivity index (χ3n) is 4.52. The summed E-state index contributed by atoms with van der Waals surface area (Å²) in [6.45, 7) is 2.58. The van der Waals surface area contributed by atoms with Gasteiger partial charge in [0.25, 0.3) is 0 Å². The summed E-state index contributed by atoms with van der Waals surface area (Å²) in [6, 6.07) is 5.88. The molecule has 7 nitrogen and oxygen atoms in total. The van der Waals surface area contributed by atoms with E-state index in [9.17, 15) is 0 Å². The molecule has 4 aromatic rings. The molecule has 0 amide bonds. The summed E-state index contributed by atoms with van der Waals surface area (Å²) in [5.41, 5.74) is 0.822. The van der Waals surface area contributed by atoms with Gasteiger partial charge < -0.3 is 9.64 Å². The van der Waals surface area contributed by atoms with E-state index in [0.29, 0.717) is 18.4 Å². The van der Waals surface area contributed by atoms with E-state index in [2.05, 4.69) is 36.4 Å². The number of hydrogen-bond acceptors (Lipinski definition) is 7. The van der Waals surface area contributed by atoms with Crippen molar-refractivity contribution >= 4 is 33.0 Å². The summed E-state index contributed by atoms with van der Waals surface area (Å²) >= 11 is 1.65. The molecule has 1 saturated heterocycles. The van der Waals surface area contributed by atoms with Crippen molar-refractivity contribution in [1.29, 1.82) is 0 Å². The van der Waals surface area contributed by atoms with Gasteiger partial charge in [-0.05, 0) is 23.9 Å². The van der Waals surface area contributed by atoms with Gasteiger partial charge in [0.15, 0.2) is 5.65 Å². The Balaban J connectivity index is 1.27. The Bertz CT molecular complexity index is 1030. The molecule has 0 radical (unpaired) electrons. The molecule has 1 fully saturated rings. The van der Waals surface area contributed by atoms with Crippen molar-refractivity contribution in [3.8, 4) is 5.88 Å². The lowest BCUT2D eigenvalue weighted by Crippen LogP contribution is -2.23. The Labute approximate surface area is 147 Å². The van der Waals surface area contributed by atoms with E-state index < -0.39 is 0 Å². The molecule has 25 heavy (non-hydrogen) atoms. The lowest BCUT2D eigenvalue weighted by atomic mass is 10.1. The fourth-order valence-electron chi connectivity index (χ4n) is 3.27. The molecule has 0 N–H and O–H groups in total. The lowest BCUT2D eigenvalue weighted by molar-refractivity contribution is 0.249. The smallest absolute Gasteiger partial charge is 0.231 e. The summed E-state index contributed by atoms with van der Waals surface area (Å²) in [4.78, 5) is 16.4. The highest BCUT2D eigenvalue weighted by atomic mass is 32.1. The molecule has 126 valence electrons. The average Bonchev–Trinajstić information content (AvgIpc) is 3.38. The van der Waals surface area contributed by atoms with Gasteiger partial charge in [0.1, 0.15) is 17.0 Å². The molecule has 1 atom stereocenters. The number of thiophene rings is 1. The van der Waals surface area contributed by atoms with Crippen LogP contribution >= 0.6 is 11.3 Å². The molecule has 0 aromatic carbocycles. The van der Waals surface area contributed by atoms with Gasteiger partial charge in [0, 0.05) is 37.5 Å². The summed E-state index contributed by atoms with van der Waals surface area (Å²) in [5.74, 6) is 2.13. The highest BCUT2D eigenvalue weighted by Gasteiger charge is 2.25. The Morgan fingerprint density at radius 1 is 1.20 bits per heavy atom. The average molecular weight is 352 g/mol. The number of imidazole rings is 1. The zero-order valence-corrected chi connectivity index (χ0v) is 14.3. The minimum absolute atomic E-state index is 0.462. The SMILES string of the molecule is c1nc(N2CCC(COc3ccc4nccn4n3)C2)c2ccsc2n1. The van der Waals surface area contributed by atoms with Gasteiger partial charge in [-0.15, -0.1) is 16.4 Å². The first-order chi connectivity index (χ1) is 12.4. The molecular formula is C17H16N6OS. The van der Waals surface area contributed by atoms with Gasteiger partial charge in [-0.25, -0.2) is 19.5 Å². The number of ether oxygens (including phenoxy) is 1. The maximum absolute atomic E-state index is 5.91. The Kier molecular flexibility index (Phi) is 3.48. The zero-order valence-electron chi connectivity index (χ0n) is 13.4. The van der Waals surface area contributed by atoms with E-state index in [1.165, 1.54) is 0 Å². The van der Waals surface area contributed by atoms with Crippen LogP contribution in [0.25, 0.3) is 15.9 Å². The maximum Gasteiger partial charge on any atom is 0.231 e. The summed E-state index contributed by atoms with van der Waals surface area (Å²) in [6.07, 6.45) is 6.29. The highest BCUT2D eigenvalue weighted by molar-refractivity contribution is 7.16. The highest BCUT2D eigenvalue weighted by Crippen LogP contribution is 2.30. The maximum atomic E-state index is 5.91. The number of aromatic nitrogens is 5. The van der Waals surface area contributed by atoms with Crippen molar-refractivity contribution in [2.75, 3.05) is 24.6 Å². The van der Waals surface area contributed by atoms with Gasteiger partial charge in [0.2, 0.25) is 5.88 Å². The molecule has 1 aliphatic heterocycles. The van der Waals surface area contributed by atoms with E-state index in [-0.39, 0.29) is 0 Å². The van der Waals surface area contributed by atoms with Crippen LogP contribution in [0.2, 0.25) is 0 Å². The van der Waals surface area contributed by atoms with Crippen molar-refractivity contribution in [3.05, 3.63) is 42.3 Å². The zero-order chi connectivity index (χ0) is 16.6. The Hall–Kier alpha value is -2.74. The monoisotopic (exact) mass is 352 g/mol. The van der Waals surface area contributed by atoms with E-state index >= 15 is 0 Å². The Morgan fingerprint density at radius 2 is 2.20 bits per heavy atom. The van der Waals surface area contributed by atoms with Crippen molar-refractivity contribution in [2.24, 2.45) is 5.92 Å². The van der Waals surface area contributed by atoms with Gasteiger partial charge in [-0.1, -0.05) is 0 Å². The third-order valence-corrected chi connectivity index (χ3v) is 5.34. The molecule has 8 heteroatoms. The topological polar surface area (TPSA) is 68.4 Å². The minimum atomic E-state index is 0.462. The number of nitrogens with zero attached hydrogens (tertiary/aromatic N) is 6. The molecule has 5 rings (SSSR count). The van der Waals surface area contributed by atoms with Gasteiger partial charge in [-0.2, -0.15) is 0 Å². The molecule has 0 spiro atoms. The van der Waals surface area contributed by atoms with Crippen LogP contribution in [0.4, 0.5) is 5.82 Å². The quantitative estimate of drug-likeness (QED) is 0.562. The lowest BCUT2D eigenvalue weighted by Gasteiger charge is -2.18. The molecule has 5 heterocycles. The summed E-state index contributed by atoms with van der Waals surface area (Å²) in [5, 5.41) is 7.61. The number of fused-ring (bicyclic) bond motifs is 2. The predicted octanol–water partition coefficient (Wildman–Crippen LogP) is 2.64. The number of rotatable bonds is 4. The molecule has 0 aliphatic carbocycles. The normalized spacial score (nSPS) is 17.6. The minimum Gasteiger partial charge on any atom is -0.476 e. The van der Waals surface area contributed by atoms with Crippen LogP contribution in [-0.4, -0.2) is 44.3 Å². The van der Waals surface area contributed by atoms with Crippen LogP contribution in [0, 0.1) is 5.92 Å². The molecule has 1 unspecified atom stereocenters. The number of anilines is 1. The first kappa shape index (κ1) is 14.6. The fourth-order valence-corrected chi connectivity index (χ4v) is 4.00. The largest absolute Gasteiger partial charge is 0.476 e. The second kappa shape index (κ2) is 5.96. The van der Waals surface area contributed by atoms with Crippen LogP contribution < -0.4 is 9.64 Å². The third kappa shape index (κ3) is 2.68. The first-order valence-electron chi connectivity index (χ1n) is 8.23. The molecule has 1 aliphatic rings. The molecular weight excluding hydrogens is 336 g/mol. The molecule has 4 aromatic heterocycles. The van der Waals surface area contributed by atoms with Crippen LogP contribution in [-0.2, 0) is 0 Å². The molecule has 0 saturated carbocycles. The van der Waals surface area contributed by atoms with Crippen molar-refractivity contribution < 1.29 is 4.74 Å². The van der Waals surface area contributed by atoms with E-state index in [1.54, 1.807) is 28.4 Å². The Morgan fingerprint density at radius 3 is 3.20 bits per heavy atom. The van der Waals surface area contributed by atoms with Crippen LogP contribution in [0.15, 0.2) is 42.3 Å². The standard InChI is InChI=1S/C17H16N6OS/c1-2-15(21-23-7-5-18-14(1)23)24-10-12-3-6-22(9-12)16-13-4-8-25-17(13)20-11-19-16/h1-2,4-5,7-8,11-12H,3,6,9-10H2. The van der Waals surface area contributed by atoms with Gasteiger partial charge in [0.05, 0.1) is 12.0 Å². The van der Waals surface area contributed by atoms with E-state index in [4.69, 9.17) is 4.74 Å². The summed E-state index contributed by atoms with van der Waals surface area (Å²) < 4.78 is 7.63. The first-order valence-corrected chi connectivity index (χ1v) is 9.11. The van der Waals surface area contributed by atoms with Crippen LogP contribution in [0.1, 0.15) is 6.42 Å².